The van der Waals surface area contributed by atoms with Crippen LogP contribution in [0.3, 0.4) is 0 Å². The van der Waals surface area contributed by atoms with Crippen LogP contribution in [0.5, 0.6) is 0 Å². The molecule has 1 N–H and O–H groups in total. The van der Waals surface area contributed by atoms with Gasteiger partial charge in [-0.3, -0.25) is 14.6 Å². The van der Waals surface area contributed by atoms with Crippen LogP contribution < -0.4 is 5.32 Å². The zero-order valence-electron chi connectivity index (χ0n) is 15.4. The Bertz CT molecular complexity index is 773. The van der Waals surface area contributed by atoms with Gasteiger partial charge in [-0.1, -0.05) is 13.0 Å². The molecule has 6 nitrogen and oxygen atoms in total. The fraction of sp³-hybridized carbons (Fsp3) is 0.474. The summed E-state index contributed by atoms with van der Waals surface area (Å²) in [6, 6.07) is 4.03. The van der Waals surface area contributed by atoms with Crippen LogP contribution in [0.15, 0.2) is 28.9 Å². The van der Waals surface area contributed by atoms with E-state index in [9.17, 15) is 13.6 Å². The van der Waals surface area contributed by atoms with E-state index < -0.39 is 11.6 Å². The van der Waals surface area contributed by atoms with E-state index in [1.807, 2.05) is 6.92 Å². The number of aromatic nitrogens is 1. The highest BCUT2D eigenvalue weighted by Crippen LogP contribution is 2.14. The molecule has 1 aliphatic heterocycles. The first kappa shape index (κ1) is 19.4. The zero-order chi connectivity index (χ0) is 19.2. The molecule has 0 atom stereocenters. The SMILES string of the molecule is CCCNC(=O)c1coc(CN2CCN(Cc3ccc(F)c(F)c3)CC2)n1. The van der Waals surface area contributed by atoms with Crippen LogP contribution in [0.4, 0.5) is 8.78 Å². The summed E-state index contributed by atoms with van der Waals surface area (Å²) >= 11 is 0. The molecular weight excluding hydrogens is 354 g/mol. The van der Waals surface area contributed by atoms with Crippen molar-refractivity contribution in [2.75, 3.05) is 32.7 Å². The normalized spacial score (nSPS) is 15.8. The van der Waals surface area contributed by atoms with E-state index in [-0.39, 0.29) is 5.91 Å². The van der Waals surface area contributed by atoms with Gasteiger partial charge in [-0.15, -0.1) is 0 Å². The van der Waals surface area contributed by atoms with E-state index in [2.05, 4.69) is 20.1 Å². The highest BCUT2D eigenvalue weighted by atomic mass is 19.2. The van der Waals surface area contributed by atoms with Crippen LogP contribution in [0, 0.1) is 11.6 Å². The topological polar surface area (TPSA) is 61.6 Å². The summed E-state index contributed by atoms with van der Waals surface area (Å²) in [7, 11) is 0. The third-order valence-electron chi connectivity index (χ3n) is 4.53. The lowest BCUT2D eigenvalue weighted by Crippen LogP contribution is -2.45. The molecule has 1 aromatic heterocycles. The molecule has 2 heterocycles. The smallest absolute Gasteiger partial charge is 0.273 e. The van der Waals surface area contributed by atoms with Crippen LogP contribution in [0.1, 0.15) is 35.3 Å². The lowest BCUT2D eigenvalue weighted by Gasteiger charge is -2.34. The average Bonchev–Trinajstić information content (AvgIpc) is 3.13. The standard InChI is InChI=1S/C19H24F2N4O2/c1-2-5-22-19(26)17-13-27-18(23-17)12-25-8-6-24(7-9-25)11-14-3-4-15(20)16(21)10-14/h3-4,10,13H,2,5-9,11-12H2,1H3,(H,22,26). The Labute approximate surface area is 157 Å². The predicted octanol–water partition coefficient (Wildman–Crippen LogP) is 2.41. The van der Waals surface area contributed by atoms with E-state index in [4.69, 9.17) is 4.42 Å². The Hall–Kier alpha value is -2.32. The molecule has 0 unspecified atom stereocenters. The van der Waals surface area contributed by atoms with Crippen molar-refractivity contribution in [1.82, 2.24) is 20.1 Å². The molecule has 0 spiro atoms. The number of amides is 1. The summed E-state index contributed by atoms with van der Waals surface area (Å²) in [6.07, 6.45) is 2.25. The van der Waals surface area contributed by atoms with Gasteiger partial charge in [0.15, 0.2) is 17.3 Å². The first-order valence-corrected chi connectivity index (χ1v) is 9.16. The molecule has 1 aliphatic rings. The molecule has 0 aliphatic carbocycles. The summed E-state index contributed by atoms with van der Waals surface area (Å²) in [6.45, 7) is 6.97. The van der Waals surface area contributed by atoms with Gasteiger partial charge < -0.3 is 9.73 Å². The molecule has 3 rings (SSSR count). The highest BCUT2D eigenvalue weighted by Gasteiger charge is 2.20. The Morgan fingerprint density at radius 2 is 1.85 bits per heavy atom. The van der Waals surface area contributed by atoms with Crippen molar-refractivity contribution in [3.8, 4) is 0 Å². The maximum Gasteiger partial charge on any atom is 0.273 e. The number of piperazine rings is 1. The van der Waals surface area contributed by atoms with Gasteiger partial charge in [0.2, 0.25) is 5.89 Å². The fourth-order valence-corrected chi connectivity index (χ4v) is 3.01. The molecule has 146 valence electrons. The Morgan fingerprint density at radius 3 is 2.52 bits per heavy atom. The number of hydrogen-bond acceptors (Lipinski definition) is 5. The van der Waals surface area contributed by atoms with E-state index in [1.54, 1.807) is 6.07 Å². The Kier molecular flexibility index (Phi) is 6.52. The lowest BCUT2D eigenvalue weighted by atomic mass is 10.2. The van der Waals surface area contributed by atoms with Crippen LogP contribution in [0.2, 0.25) is 0 Å². The van der Waals surface area contributed by atoms with Crippen LogP contribution in [-0.2, 0) is 13.1 Å². The largest absolute Gasteiger partial charge is 0.447 e. The molecule has 8 heteroatoms. The summed E-state index contributed by atoms with van der Waals surface area (Å²) in [5.74, 6) is -1.33. The third kappa shape index (κ3) is 5.33. The van der Waals surface area contributed by atoms with E-state index in [1.165, 1.54) is 12.3 Å². The number of carbonyl (C=O) groups is 1. The van der Waals surface area contributed by atoms with E-state index in [0.717, 1.165) is 44.2 Å². The minimum Gasteiger partial charge on any atom is -0.447 e. The van der Waals surface area contributed by atoms with E-state index >= 15 is 0 Å². The number of oxazole rings is 1. The minimum atomic E-state index is -0.822. The lowest BCUT2D eigenvalue weighted by molar-refractivity contribution is 0.0948. The van der Waals surface area contributed by atoms with Gasteiger partial charge in [0.25, 0.3) is 5.91 Å². The number of carbonyl (C=O) groups excluding carboxylic acids is 1. The quantitative estimate of drug-likeness (QED) is 0.802. The molecule has 0 radical (unpaired) electrons. The number of hydrogen-bond donors (Lipinski definition) is 1. The van der Waals surface area contributed by atoms with Gasteiger partial charge in [-0.2, -0.15) is 0 Å². The van der Waals surface area contributed by atoms with Crippen molar-refractivity contribution in [1.29, 1.82) is 0 Å². The average molecular weight is 378 g/mol. The predicted molar refractivity (Wildman–Crippen MR) is 96.0 cm³/mol. The van der Waals surface area contributed by atoms with Crippen LogP contribution in [0.25, 0.3) is 0 Å². The highest BCUT2D eigenvalue weighted by molar-refractivity contribution is 5.91. The Morgan fingerprint density at radius 1 is 1.15 bits per heavy atom. The number of nitrogens with zero attached hydrogens (tertiary/aromatic N) is 3. The molecule has 27 heavy (non-hydrogen) atoms. The van der Waals surface area contributed by atoms with Crippen molar-refractivity contribution in [3.05, 3.63) is 53.2 Å². The molecule has 0 bridgehead atoms. The number of nitrogens with one attached hydrogen (secondary N) is 1. The maximum absolute atomic E-state index is 13.3. The molecular formula is C19H24F2N4O2. The van der Waals surface area contributed by atoms with Gasteiger partial charge in [0.05, 0.1) is 6.54 Å². The van der Waals surface area contributed by atoms with Crippen LogP contribution in [-0.4, -0.2) is 53.4 Å². The molecule has 1 aromatic carbocycles. The van der Waals surface area contributed by atoms with Gasteiger partial charge in [0.1, 0.15) is 6.26 Å². The first-order chi connectivity index (χ1) is 13.0. The van der Waals surface area contributed by atoms with Gasteiger partial charge in [-0.25, -0.2) is 13.8 Å². The minimum absolute atomic E-state index is 0.219. The second kappa shape index (κ2) is 9.05. The summed E-state index contributed by atoms with van der Waals surface area (Å²) in [5.41, 5.74) is 1.06. The summed E-state index contributed by atoms with van der Waals surface area (Å²) in [4.78, 5) is 20.5. The zero-order valence-corrected chi connectivity index (χ0v) is 15.4. The number of rotatable bonds is 7. The van der Waals surface area contributed by atoms with Crippen LogP contribution >= 0.6 is 0 Å². The van der Waals surface area contributed by atoms with Gasteiger partial charge >= 0.3 is 0 Å². The van der Waals surface area contributed by atoms with Crippen molar-refractivity contribution in [2.45, 2.75) is 26.4 Å². The third-order valence-corrected chi connectivity index (χ3v) is 4.53. The van der Waals surface area contributed by atoms with Crippen molar-refractivity contribution in [3.63, 3.8) is 0 Å². The van der Waals surface area contributed by atoms with Crippen molar-refractivity contribution >= 4 is 5.91 Å². The van der Waals surface area contributed by atoms with Gasteiger partial charge in [-0.05, 0) is 24.1 Å². The molecule has 1 amide bonds. The van der Waals surface area contributed by atoms with Gasteiger partial charge in [0, 0.05) is 39.3 Å². The second-order valence-corrected chi connectivity index (χ2v) is 6.68. The summed E-state index contributed by atoms with van der Waals surface area (Å²) < 4.78 is 31.7. The Balaban J connectivity index is 1.46. The van der Waals surface area contributed by atoms with Crippen molar-refractivity contribution < 1.29 is 18.0 Å². The van der Waals surface area contributed by atoms with Crippen molar-refractivity contribution in [2.24, 2.45) is 0 Å². The first-order valence-electron chi connectivity index (χ1n) is 9.16. The molecule has 0 saturated carbocycles. The monoisotopic (exact) mass is 378 g/mol. The second-order valence-electron chi connectivity index (χ2n) is 6.68. The number of benzene rings is 1. The molecule has 1 saturated heterocycles. The molecule has 2 aromatic rings. The maximum atomic E-state index is 13.3. The van der Waals surface area contributed by atoms with E-state index in [0.29, 0.717) is 31.2 Å². The number of halogens is 2. The molecule has 1 fully saturated rings. The fourth-order valence-electron chi connectivity index (χ4n) is 3.01. The summed E-state index contributed by atoms with van der Waals surface area (Å²) in [5, 5.41) is 2.77.